The minimum atomic E-state index is -4.98. The zero-order valence-corrected chi connectivity index (χ0v) is 15.9. The number of nitrogens with zero attached hydrogens (tertiary/aromatic N) is 2. The van der Waals surface area contributed by atoms with Gasteiger partial charge in [-0.25, -0.2) is 4.79 Å². The summed E-state index contributed by atoms with van der Waals surface area (Å²) in [5, 5.41) is 6.12. The van der Waals surface area contributed by atoms with Crippen molar-refractivity contribution in [1.29, 1.82) is 0 Å². The number of nitrogens with two attached hydrogens (primary N) is 1. The van der Waals surface area contributed by atoms with E-state index >= 15 is 0 Å². The Balaban J connectivity index is 1.83. The molecule has 29 heavy (non-hydrogen) atoms. The molecule has 1 aromatic heterocycles. The van der Waals surface area contributed by atoms with Crippen molar-refractivity contribution in [3.05, 3.63) is 65.5 Å². The fourth-order valence-electron chi connectivity index (χ4n) is 3.11. The van der Waals surface area contributed by atoms with E-state index in [1.165, 1.54) is 0 Å². The Morgan fingerprint density at radius 2 is 1.90 bits per heavy atom. The highest BCUT2D eigenvalue weighted by molar-refractivity contribution is 7.80. The molecule has 2 aromatic rings. The summed E-state index contributed by atoms with van der Waals surface area (Å²) in [5.41, 5.74) is 7.06. The van der Waals surface area contributed by atoms with Crippen LogP contribution in [0.5, 0.6) is 0 Å². The van der Waals surface area contributed by atoms with E-state index in [4.69, 9.17) is 10.3 Å². The van der Waals surface area contributed by atoms with E-state index in [9.17, 15) is 18.0 Å². The van der Waals surface area contributed by atoms with Crippen LogP contribution in [0.15, 0.2) is 48.8 Å². The lowest BCUT2D eigenvalue weighted by Crippen LogP contribution is -2.49. The lowest BCUT2D eigenvalue weighted by Gasteiger charge is -2.36. The van der Waals surface area contributed by atoms with Crippen LogP contribution in [-0.2, 0) is 26.0 Å². The lowest BCUT2D eigenvalue weighted by atomic mass is 9.90. The van der Waals surface area contributed by atoms with Crippen molar-refractivity contribution in [3.8, 4) is 0 Å². The monoisotopic (exact) mass is 421 g/mol. The highest BCUT2D eigenvalue weighted by Crippen LogP contribution is 2.33. The van der Waals surface area contributed by atoms with E-state index in [2.05, 4.69) is 19.9 Å². The number of carbonyl (C=O) groups is 2. The summed E-state index contributed by atoms with van der Waals surface area (Å²) in [6.07, 6.45) is 3.24. The molecule has 0 aliphatic carbocycles. The van der Waals surface area contributed by atoms with E-state index in [1.54, 1.807) is 48.8 Å². The Morgan fingerprint density at radius 3 is 2.52 bits per heavy atom. The summed E-state index contributed by atoms with van der Waals surface area (Å²) in [7, 11) is -4.98. The van der Waals surface area contributed by atoms with Gasteiger partial charge in [-0.15, -0.1) is 4.28 Å². The number of hydrogen-bond acceptors (Lipinski definition) is 7. The molecule has 1 aliphatic heterocycles. The van der Waals surface area contributed by atoms with Crippen molar-refractivity contribution >= 4 is 22.3 Å². The first-order chi connectivity index (χ1) is 13.8. The molecule has 0 radical (unpaired) electrons. The maximum absolute atomic E-state index is 12.7. The molecular weight excluding hydrogens is 402 g/mol. The number of carbonyl (C=O) groups excluding carboxylic acids is 2. The van der Waals surface area contributed by atoms with E-state index in [1.807, 2.05) is 0 Å². The fourth-order valence-corrected chi connectivity index (χ4v) is 3.49. The molecule has 11 nitrogen and oxygen atoms in total. The third-order valence-corrected chi connectivity index (χ3v) is 4.68. The summed E-state index contributed by atoms with van der Waals surface area (Å²) >= 11 is 0. The number of urea groups is 1. The average Bonchev–Trinajstić information content (AvgIpc) is 2.69. The van der Waals surface area contributed by atoms with E-state index in [0.717, 1.165) is 5.56 Å². The van der Waals surface area contributed by atoms with Crippen LogP contribution in [0, 0.1) is 0 Å². The van der Waals surface area contributed by atoms with E-state index < -0.39 is 28.5 Å². The van der Waals surface area contributed by atoms with E-state index in [0.29, 0.717) is 22.7 Å². The van der Waals surface area contributed by atoms with Crippen LogP contribution in [0.4, 0.5) is 4.79 Å². The molecule has 0 saturated carbocycles. The van der Waals surface area contributed by atoms with Gasteiger partial charge < -0.3 is 11.1 Å². The first kappa shape index (κ1) is 20.7. The van der Waals surface area contributed by atoms with Gasteiger partial charge >= 0.3 is 16.4 Å². The van der Waals surface area contributed by atoms with Crippen LogP contribution < -0.4 is 16.4 Å². The molecule has 0 saturated heterocycles. The van der Waals surface area contributed by atoms with Gasteiger partial charge in [-0.2, -0.15) is 13.5 Å². The predicted molar refractivity (Wildman–Crippen MR) is 100 cm³/mol. The number of primary amides is 1. The minimum Gasteiger partial charge on any atom is -0.350 e. The molecule has 0 unspecified atom stereocenters. The number of amides is 3. The summed E-state index contributed by atoms with van der Waals surface area (Å²) < 4.78 is 35.5. The topological polar surface area (TPSA) is 164 Å². The van der Waals surface area contributed by atoms with E-state index in [-0.39, 0.29) is 12.5 Å². The highest BCUT2D eigenvalue weighted by Gasteiger charge is 2.37. The third kappa shape index (κ3) is 5.06. The Bertz CT molecular complexity index is 1000. The van der Waals surface area contributed by atoms with Crippen molar-refractivity contribution in [2.24, 2.45) is 5.73 Å². The van der Waals surface area contributed by atoms with Crippen LogP contribution in [0.3, 0.4) is 0 Å². The summed E-state index contributed by atoms with van der Waals surface area (Å²) in [6, 6.07) is 7.25. The quantitative estimate of drug-likeness (QED) is 0.379. The number of hydroxylamine groups is 2. The highest BCUT2D eigenvalue weighted by atomic mass is 32.3. The molecule has 5 N–H and O–H groups in total. The third-order valence-electron chi connectivity index (χ3n) is 4.33. The normalized spacial score (nSPS) is 18.5. The number of nitrogens with one attached hydrogen (secondary N) is 2. The van der Waals surface area contributed by atoms with Gasteiger partial charge in [0.15, 0.2) is 0 Å². The Labute approximate surface area is 166 Å². The number of fused-ring (bicyclic) bond motifs is 1. The smallest absolute Gasteiger partial charge is 0.350 e. The second-order valence-corrected chi connectivity index (χ2v) is 7.23. The first-order valence-corrected chi connectivity index (χ1v) is 9.87. The van der Waals surface area contributed by atoms with Gasteiger partial charge in [0.1, 0.15) is 12.1 Å². The van der Waals surface area contributed by atoms with Gasteiger partial charge in [-0.3, -0.25) is 19.6 Å². The molecule has 0 fully saturated rings. The molecule has 12 heteroatoms. The molecular formula is C17H19N5O6S. The van der Waals surface area contributed by atoms with Crippen molar-refractivity contribution in [1.82, 2.24) is 20.7 Å². The van der Waals surface area contributed by atoms with Crippen LogP contribution in [0.2, 0.25) is 0 Å². The molecule has 1 aliphatic rings. The first-order valence-electron chi connectivity index (χ1n) is 8.51. The zero-order chi connectivity index (χ0) is 21.0. The number of rotatable bonds is 6. The van der Waals surface area contributed by atoms with Crippen molar-refractivity contribution < 1.29 is 26.8 Å². The Kier molecular flexibility index (Phi) is 6.08. The molecule has 3 rings (SSSR count). The molecule has 2 heterocycles. The lowest BCUT2D eigenvalue weighted by molar-refractivity contribution is -0.124. The number of aromatic nitrogens is 1. The molecule has 0 spiro atoms. The van der Waals surface area contributed by atoms with Gasteiger partial charge in [0.2, 0.25) is 5.91 Å². The standard InChI is InChI=1S/C17H19N5O6S/c18-17(24)22(28-29(25,26)27)14-10-20-15(13-4-2-1-3-12(13)14)16(23)21-9-11-5-7-19-8-6-11/h1-8,14-15,20H,9-10H2,(H2,18,24)(H,21,23)(H,25,26,27)/t14-,15+/m1/s1. The number of benzene rings is 1. The predicted octanol–water partition coefficient (Wildman–Crippen LogP) is 0.199. The van der Waals surface area contributed by atoms with Crippen LogP contribution in [0.1, 0.15) is 28.8 Å². The fraction of sp³-hybridized carbons (Fsp3) is 0.235. The number of pyridine rings is 1. The van der Waals surface area contributed by atoms with Gasteiger partial charge in [0, 0.05) is 25.5 Å². The zero-order valence-electron chi connectivity index (χ0n) is 15.1. The largest absolute Gasteiger partial charge is 0.418 e. The van der Waals surface area contributed by atoms with Crippen LogP contribution in [0.25, 0.3) is 0 Å². The van der Waals surface area contributed by atoms with Crippen molar-refractivity contribution in [3.63, 3.8) is 0 Å². The van der Waals surface area contributed by atoms with Crippen molar-refractivity contribution in [2.45, 2.75) is 18.6 Å². The molecule has 0 bridgehead atoms. The SMILES string of the molecule is NC(=O)N(OS(=O)(=O)O)[C@@H]1CN[C@H](C(=O)NCc2ccncc2)c2ccccc21. The van der Waals surface area contributed by atoms with Gasteiger partial charge in [-0.05, 0) is 28.8 Å². The van der Waals surface area contributed by atoms with Crippen LogP contribution in [-0.4, -0.2) is 41.5 Å². The second kappa shape index (κ2) is 8.53. The molecule has 2 atom stereocenters. The van der Waals surface area contributed by atoms with Gasteiger partial charge in [0.05, 0.1) is 0 Å². The minimum absolute atomic E-state index is 0.0389. The Hall–Kier alpha value is -3.06. The van der Waals surface area contributed by atoms with Gasteiger partial charge in [0.25, 0.3) is 0 Å². The second-order valence-electron chi connectivity index (χ2n) is 6.23. The van der Waals surface area contributed by atoms with Gasteiger partial charge in [-0.1, -0.05) is 24.3 Å². The molecule has 3 amide bonds. The average molecular weight is 421 g/mol. The molecule has 154 valence electrons. The van der Waals surface area contributed by atoms with Crippen LogP contribution >= 0.6 is 0 Å². The number of hydrogen-bond donors (Lipinski definition) is 4. The Morgan fingerprint density at radius 1 is 1.24 bits per heavy atom. The van der Waals surface area contributed by atoms with Crippen molar-refractivity contribution in [2.75, 3.05) is 6.54 Å². The summed E-state index contributed by atoms with van der Waals surface area (Å²) in [6.45, 7) is 0.257. The maximum atomic E-state index is 12.7. The molecule has 1 aromatic carbocycles. The summed E-state index contributed by atoms with van der Waals surface area (Å²) in [4.78, 5) is 28.3. The summed E-state index contributed by atoms with van der Waals surface area (Å²) in [5.74, 6) is -0.311. The maximum Gasteiger partial charge on any atom is 0.418 e.